The van der Waals surface area contributed by atoms with Gasteiger partial charge in [0.2, 0.25) is 11.8 Å². The molecule has 2 aromatic carbocycles. The molecule has 3 heterocycles. The maximum atomic E-state index is 15.2. The van der Waals surface area contributed by atoms with Gasteiger partial charge in [0.1, 0.15) is 17.2 Å². The number of fused-ring (bicyclic) bond motifs is 1. The smallest absolute Gasteiger partial charge is 0.410 e. The highest BCUT2D eigenvalue weighted by molar-refractivity contribution is 7.90. The molecule has 1 saturated heterocycles. The first-order valence-corrected chi connectivity index (χ1v) is 17.4. The fourth-order valence-corrected chi connectivity index (χ4v) is 6.86. The average molecular weight is 678 g/mol. The minimum Gasteiger partial charge on any atom is -0.444 e. The van der Waals surface area contributed by atoms with E-state index < -0.39 is 21.6 Å². The number of halogens is 1. The molecular weight excluding hydrogens is 637 g/mol. The lowest BCUT2D eigenvalue weighted by Crippen LogP contribution is -2.47. The summed E-state index contributed by atoms with van der Waals surface area (Å²) in [5.41, 5.74) is 1.16. The number of hydrogen-bond acceptors (Lipinski definition) is 9. The zero-order valence-corrected chi connectivity index (χ0v) is 28.5. The Labute approximate surface area is 279 Å². The van der Waals surface area contributed by atoms with Crippen molar-refractivity contribution >= 4 is 38.7 Å². The molecule has 1 saturated carbocycles. The number of benzene rings is 2. The summed E-state index contributed by atoms with van der Waals surface area (Å²) in [4.78, 5) is 28.0. The third-order valence-electron chi connectivity index (χ3n) is 8.28. The molecule has 4 aromatic rings. The SMILES string of the molecule is Cc1ccc2c(NS(=O)(=O)N(C)C3CC3)c(F)ccc2c1Oc1ncccc1-c1ccnc(N[C@H]2CCCN(C(=O)OC(C)(C)C)C2)n1. The monoisotopic (exact) mass is 677 g/mol. The van der Waals surface area contributed by atoms with Gasteiger partial charge in [-0.2, -0.15) is 12.7 Å². The maximum Gasteiger partial charge on any atom is 0.410 e. The van der Waals surface area contributed by atoms with Gasteiger partial charge in [-0.3, -0.25) is 4.72 Å². The van der Waals surface area contributed by atoms with E-state index in [4.69, 9.17) is 14.5 Å². The molecule has 1 aliphatic carbocycles. The van der Waals surface area contributed by atoms with E-state index in [0.717, 1.165) is 31.2 Å². The Morgan fingerprint density at radius 1 is 1.04 bits per heavy atom. The minimum atomic E-state index is -3.97. The molecule has 0 bridgehead atoms. The van der Waals surface area contributed by atoms with Gasteiger partial charge in [-0.15, -0.1) is 0 Å². The zero-order chi connectivity index (χ0) is 34.2. The van der Waals surface area contributed by atoms with Gasteiger partial charge in [0.05, 0.1) is 16.9 Å². The minimum absolute atomic E-state index is 0.0689. The van der Waals surface area contributed by atoms with Crippen molar-refractivity contribution in [3.8, 4) is 22.9 Å². The molecule has 1 atom stereocenters. The summed E-state index contributed by atoms with van der Waals surface area (Å²) in [5.74, 6) is 0.353. The van der Waals surface area contributed by atoms with Crippen LogP contribution in [0.15, 0.2) is 54.9 Å². The lowest BCUT2D eigenvalue weighted by Gasteiger charge is -2.34. The van der Waals surface area contributed by atoms with Crippen LogP contribution in [0.4, 0.5) is 20.8 Å². The van der Waals surface area contributed by atoms with E-state index in [0.29, 0.717) is 46.8 Å². The van der Waals surface area contributed by atoms with E-state index in [2.05, 4.69) is 20.0 Å². The summed E-state index contributed by atoms with van der Waals surface area (Å²) < 4.78 is 56.9. The van der Waals surface area contributed by atoms with Crippen LogP contribution < -0.4 is 14.8 Å². The standard InChI is InChI=1S/C34H40FN7O5S/c1-21-10-13-24-25(14-15-27(35)29(24)40-48(44,45)41(5)23-11-12-23)30(21)46-31-26(9-6-17-36-31)28-16-18-37-32(39-28)38-22-8-7-19-42(20-22)33(43)47-34(2,3)4/h6,9-10,13-18,22-23,40H,7-8,11-12,19-20H2,1-5H3,(H,37,38,39)/t22-/m0/s1. The Morgan fingerprint density at radius 2 is 1.81 bits per heavy atom. The van der Waals surface area contributed by atoms with Crippen molar-refractivity contribution in [2.75, 3.05) is 30.2 Å². The molecule has 0 spiro atoms. The molecule has 48 heavy (non-hydrogen) atoms. The molecule has 14 heteroatoms. The van der Waals surface area contributed by atoms with Gasteiger partial charge in [0.15, 0.2) is 0 Å². The lowest BCUT2D eigenvalue weighted by molar-refractivity contribution is 0.0206. The van der Waals surface area contributed by atoms with Crippen LogP contribution in [0.25, 0.3) is 22.0 Å². The quantitative estimate of drug-likeness (QED) is 0.203. The number of likely N-dealkylation sites (tertiary alicyclic amines) is 1. The second kappa shape index (κ2) is 13.2. The van der Waals surface area contributed by atoms with Crippen LogP contribution in [0.5, 0.6) is 11.6 Å². The molecule has 0 radical (unpaired) electrons. The maximum absolute atomic E-state index is 15.2. The highest BCUT2D eigenvalue weighted by Gasteiger charge is 2.35. The number of nitrogens with one attached hydrogen (secondary N) is 2. The summed E-state index contributed by atoms with van der Waals surface area (Å²) in [6.07, 6.45) is 6.09. The molecule has 2 aromatic heterocycles. The Morgan fingerprint density at radius 3 is 2.56 bits per heavy atom. The summed E-state index contributed by atoms with van der Waals surface area (Å²) in [6.45, 7) is 8.47. The number of anilines is 2. The van der Waals surface area contributed by atoms with E-state index in [9.17, 15) is 13.2 Å². The number of amides is 1. The Bertz CT molecular complexity index is 1950. The van der Waals surface area contributed by atoms with Crippen molar-refractivity contribution in [3.63, 3.8) is 0 Å². The van der Waals surface area contributed by atoms with Crippen molar-refractivity contribution in [2.24, 2.45) is 0 Å². The van der Waals surface area contributed by atoms with Gasteiger partial charge in [0.25, 0.3) is 0 Å². The highest BCUT2D eigenvalue weighted by atomic mass is 32.2. The number of hydrogen-bond donors (Lipinski definition) is 2. The largest absolute Gasteiger partial charge is 0.444 e. The van der Waals surface area contributed by atoms with Crippen LogP contribution in [-0.4, -0.2) is 76.5 Å². The van der Waals surface area contributed by atoms with E-state index in [1.807, 2.05) is 33.8 Å². The number of carbonyl (C=O) groups is 1. The molecule has 254 valence electrons. The third kappa shape index (κ3) is 7.44. The van der Waals surface area contributed by atoms with Crippen LogP contribution in [0.3, 0.4) is 0 Å². The van der Waals surface area contributed by atoms with E-state index in [1.54, 1.807) is 47.6 Å². The predicted molar refractivity (Wildman–Crippen MR) is 182 cm³/mol. The first-order valence-electron chi connectivity index (χ1n) is 16.0. The van der Waals surface area contributed by atoms with Gasteiger partial charge in [-0.05, 0) is 89.3 Å². The Hall–Kier alpha value is -4.56. The molecule has 2 fully saturated rings. The van der Waals surface area contributed by atoms with E-state index in [-0.39, 0.29) is 29.7 Å². The molecule has 6 rings (SSSR count). The van der Waals surface area contributed by atoms with Crippen molar-refractivity contribution in [3.05, 3.63) is 66.2 Å². The van der Waals surface area contributed by atoms with E-state index in [1.165, 1.54) is 17.4 Å². The zero-order valence-electron chi connectivity index (χ0n) is 27.7. The molecule has 12 nitrogen and oxygen atoms in total. The molecule has 2 N–H and O–H groups in total. The lowest BCUT2D eigenvalue weighted by atomic mass is 10.0. The van der Waals surface area contributed by atoms with Gasteiger partial charge < -0.3 is 19.7 Å². The van der Waals surface area contributed by atoms with Crippen LogP contribution >= 0.6 is 0 Å². The van der Waals surface area contributed by atoms with Crippen molar-refractivity contribution in [1.82, 2.24) is 24.2 Å². The van der Waals surface area contributed by atoms with Crippen molar-refractivity contribution < 1.29 is 27.1 Å². The average Bonchev–Trinajstić information content (AvgIpc) is 3.89. The second-order valence-corrected chi connectivity index (χ2v) is 14.9. The van der Waals surface area contributed by atoms with Gasteiger partial charge in [0, 0.05) is 55.4 Å². The number of ether oxygens (including phenoxy) is 2. The first-order chi connectivity index (χ1) is 22.8. The van der Waals surface area contributed by atoms with Crippen molar-refractivity contribution in [2.45, 2.75) is 71.1 Å². The number of nitrogens with zero attached hydrogens (tertiary/aromatic N) is 5. The number of carbonyl (C=O) groups excluding carboxylic acids is 1. The van der Waals surface area contributed by atoms with Crippen LogP contribution in [0.1, 0.15) is 52.0 Å². The summed E-state index contributed by atoms with van der Waals surface area (Å²) in [5, 5.41) is 4.22. The van der Waals surface area contributed by atoms with Gasteiger partial charge in [-0.1, -0.05) is 12.1 Å². The van der Waals surface area contributed by atoms with Crippen LogP contribution in [-0.2, 0) is 14.9 Å². The Balaban J connectivity index is 1.26. The predicted octanol–water partition coefficient (Wildman–Crippen LogP) is 6.49. The number of aromatic nitrogens is 3. The summed E-state index contributed by atoms with van der Waals surface area (Å²) in [7, 11) is -2.48. The fraction of sp³-hybridized carbons (Fsp3) is 0.412. The van der Waals surface area contributed by atoms with Crippen LogP contribution in [0.2, 0.25) is 0 Å². The van der Waals surface area contributed by atoms with Crippen LogP contribution in [0, 0.1) is 12.7 Å². The third-order valence-corrected chi connectivity index (χ3v) is 9.79. The number of piperidine rings is 1. The number of pyridine rings is 1. The molecule has 0 unspecified atom stereocenters. The van der Waals surface area contributed by atoms with Gasteiger partial charge >= 0.3 is 16.3 Å². The fourth-order valence-electron chi connectivity index (χ4n) is 5.65. The first kappa shape index (κ1) is 33.3. The molecule has 2 aliphatic rings. The highest BCUT2D eigenvalue weighted by Crippen LogP contribution is 2.40. The number of aryl methyl sites for hydroxylation is 1. The molecular formula is C34H40FN7O5S. The Kier molecular flexibility index (Phi) is 9.14. The topological polar surface area (TPSA) is 139 Å². The second-order valence-electron chi connectivity index (χ2n) is 13.2. The van der Waals surface area contributed by atoms with Crippen molar-refractivity contribution in [1.29, 1.82) is 0 Å². The number of rotatable bonds is 9. The molecule has 1 aliphatic heterocycles. The normalized spacial score (nSPS) is 17.0. The van der Waals surface area contributed by atoms with E-state index >= 15 is 4.39 Å². The summed E-state index contributed by atoms with van der Waals surface area (Å²) >= 11 is 0. The summed E-state index contributed by atoms with van der Waals surface area (Å²) in [6, 6.07) is 11.4. The molecule has 1 amide bonds. The van der Waals surface area contributed by atoms with Gasteiger partial charge in [-0.25, -0.2) is 24.1 Å².